The summed E-state index contributed by atoms with van der Waals surface area (Å²) in [6, 6.07) is 1.52. The normalized spacial score (nSPS) is 10.7. The highest BCUT2D eigenvalue weighted by atomic mass is 19.1. The molecule has 2 aromatic rings. The SMILES string of the molecule is CCn1ncc(CNc2cc(C(N)=O)n(C)n2)c1F. The van der Waals surface area contributed by atoms with E-state index in [1.165, 1.54) is 21.6 Å². The van der Waals surface area contributed by atoms with E-state index in [-0.39, 0.29) is 18.2 Å². The third kappa shape index (κ3) is 2.56. The van der Waals surface area contributed by atoms with Crippen molar-refractivity contribution in [2.45, 2.75) is 20.0 Å². The minimum Gasteiger partial charge on any atom is -0.364 e. The van der Waals surface area contributed by atoms with Crippen LogP contribution in [0, 0.1) is 5.95 Å². The average molecular weight is 266 g/mol. The van der Waals surface area contributed by atoms with Crippen molar-refractivity contribution in [1.82, 2.24) is 19.6 Å². The zero-order valence-corrected chi connectivity index (χ0v) is 10.7. The highest BCUT2D eigenvalue weighted by Gasteiger charge is 2.12. The Morgan fingerprint density at radius 1 is 1.58 bits per heavy atom. The maximum atomic E-state index is 13.7. The van der Waals surface area contributed by atoms with Crippen LogP contribution in [0.2, 0.25) is 0 Å². The molecule has 2 heterocycles. The van der Waals surface area contributed by atoms with Crippen molar-refractivity contribution in [3.63, 3.8) is 0 Å². The molecule has 0 aliphatic carbocycles. The molecule has 0 radical (unpaired) electrons. The molecule has 7 nitrogen and oxygen atoms in total. The first-order valence-electron chi connectivity index (χ1n) is 5.80. The number of nitrogens with one attached hydrogen (secondary N) is 1. The molecule has 19 heavy (non-hydrogen) atoms. The summed E-state index contributed by atoms with van der Waals surface area (Å²) in [6.07, 6.45) is 1.46. The van der Waals surface area contributed by atoms with E-state index < -0.39 is 5.91 Å². The Labute approximate surface area is 109 Å². The molecule has 0 aromatic carbocycles. The van der Waals surface area contributed by atoms with Gasteiger partial charge in [0, 0.05) is 31.8 Å². The highest BCUT2D eigenvalue weighted by molar-refractivity contribution is 5.91. The van der Waals surface area contributed by atoms with Gasteiger partial charge in [0.1, 0.15) is 11.5 Å². The number of halogens is 1. The number of carbonyl (C=O) groups excluding carboxylic acids is 1. The fourth-order valence-electron chi connectivity index (χ4n) is 1.72. The average Bonchev–Trinajstić information content (AvgIpc) is 2.90. The Hall–Kier alpha value is -2.38. The highest BCUT2D eigenvalue weighted by Crippen LogP contribution is 2.12. The maximum Gasteiger partial charge on any atom is 0.267 e. The fraction of sp³-hybridized carbons (Fsp3) is 0.364. The third-order valence-electron chi connectivity index (χ3n) is 2.74. The molecule has 0 saturated carbocycles. The summed E-state index contributed by atoms with van der Waals surface area (Å²) in [5.74, 6) is -0.478. The number of aryl methyl sites for hydroxylation is 2. The number of rotatable bonds is 5. The zero-order chi connectivity index (χ0) is 14.0. The number of aromatic nitrogens is 4. The van der Waals surface area contributed by atoms with Crippen LogP contribution in [-0.2, 0) is 20.1 Å². The van der Waals surface area contributed by atoms with E-state index >= 15 is 0 Å². The number of nitrogens with zero attached hydrogens (tertiary/aromatic N) is 4. The van der Waals surface area contributed by atoms with E-state index in [1.807, 2.05) is 6.92 Å². The van der Waals surface area contributed by atoms with Crippen LogP contribution in [0.4, 0.5) is 10.2 Å². The van der Waals surface area contributed by atoms with E-state index in [4.69, 9.17) is 5.73 Å². The summed E-state index contributed by atoms with van der Waals surface area (Å²) >= 11 is 0. The number of nitrogens with two attached hydrogens (primary N) is 1. The molecule has 2 aromatic heterocycles. The molecular weight excluding hydrogens is 251 g/mol. The second kappa shape index (κ2) is 5.09. The summed E-state index contributed by atoms with van der Waals surface area (Å²) < 4.78 is 16.3. The second-order valence-electron chi connectivity index (χ2n) is 4.03. The molecule has 0 bridgehead atoms. The summed E-state index contributed by atoms with van der Waals surface area (Å²) in [7, 11) is 1.61. The summed E-state index contributed by atoms with van der Waals surface area (Å²) in [5, 5.41) is 10.9. The van der Waals surface area contributed by atoms with Crippen LogP contribution in [0.1, 0.15) is 23.0 Å². The Kier molecular flexibility index (Phi) is 3.50. The lowest BCUT2D eigenvalue weighted by Crippen LogP contribution is -2.15. The largest absolute Gasteiger partial charge is 0.364 e. The minimum atomic E-state index is -0.562. The van der Waals surface area contributed by atoms with E-state index in [2.05, 4.69) is 15.5 Å². The second-order valence-corrected chi connectivity index (χ2v) is 4.03. The van der Waals surface area contributed by atoms with Crippen molar-refractivity contribution in [1.29, 1.82) is 0 Å². The maximum absolute atomic E-state index is 13.7. The molecular formula is C11H15FN6O. The van der Waals surface area contributed by atoms with Crippen molar-refractivity contribution in [3.8, 4) is 0 Å². The van der Waals surface area contributed by atoms with Crippen LogP contribution in [0.3, 0.4) is 0 Å². The lowest BCUT2D eigenvalue weighted by Gasteiger charge is -2.01. The van der Waals surface area contributed by atoms with Gasteiger partial charge in [-0.2, -0.15) is 14.6 Å². The zero-order valence-electron chi connectivity index (χ0n) is 10.7. The number of primary amides is 1. The fourth-order valence-corrected chi connectivity index (χ4v) is 1.72. The number of anilines is 1. The van der Waals surface area contributed by atoms with Crippen molar-refractivity contribution in [2.75, 3.05) is 5.32 Å². The topological polar surface area (TPSA) is 90.8 Å². The van der Waals surface area contributed by atoms with Crippen LogP contribution in [0.5, 0.6) is 0 Å². The summed E-state index contributed by atoms with van der Waals surface area (Å²) in [4.78, 5) is 11.1. The van der Waals surface area contributed by atoms with Crippen LogP contribution >= 0.6 is 0 Å². The van der Waals surface area contributed by atoms with Crippen molar-refractivity contribution in [2.24, 2.45) is 12.8 Å². The van der Waals surface area contributed by atoms with Gasteiger partial charge >= 0.3 is 0 Å². The van der Waals surface area contributed by atoms with Gasteiger partial charge < -0.3 is 11.1 Å². The monoisotopic (exact) mass is 266 g/mol. The van der Waals surface area contributed by atoms with Gasteiger partial charge in [-0.1, -0.05) is 0 Å². The van der Waals surface area contributed by atoms with Gasteiger partial charge in [0.25, 0.3) is 5.91 Å². The van der Waals surface area contributed by atoms with E-state index in [0.717, 1.165) is 0 Å². The summed E-state index contributed by atoms with van der Waals surface area (Å²) in [5.41, 5.74) is 5.90. The smallest absolute Gasteiger partial charge is 0.267 e. The first kappa shape index (κ1) is 13.1. The first-order valence-corrected chi connectivity index (χ1v) is 5.80. The predicted molar refractivity (Wildman–Crippen MR) is 66.9 cm³/mol. The molecule has 2 rings (SSSR count). The van der Waals surface area contributed by atoms with Gasteiger partial charge in [-0.3, -0.25) is 9.48 Å². The van der Waals surface area contributed by atoms with Gasteiger partial charge in [-0.15, -0.1) is 0 Å². The molecule has 102 valence electrons. The third-order valence-corrected chi connectivity index (χ3v) is 2.74. The van der Waals surface area contributed by atoms with Gasteiger partial charge in [0.15, 0.2) is 0 Å². The quantitative estimate of drug-likeness (QED) is 0.823. The van der Waals surface area contributed by atoms with Gasteiger partial charge in [0.2, 0.25) is 5.95 Å². The van der Waals surface area contributed by atoms with E-state index in [9.17, 15) is 9.18 Å². The number of amides is 1. The molecule has 1 amide bonds. The molecule has 0 aliphatic rings. The molecule has 0 atom stereocenters. The summed E-state index contributed by atoms with van der Waals surface area (Å²) in [6.45, 7) is 2.52. The molecule has 8 heteroatoms. The number of carbonyl (C=O) groups is 1. The Morgan fingerprint density at radius 2 is 2.32 bits per heavy atom. The van der Waals surface area contributed by atoms with Crippen LogP contribution < -0.4 is 11.1 Å². The van der Waals surface area contributed by atoms with Crippen molar-refractivity contribution < 1.29 is 9.18 Å². The minimum absolute atomic E-state index is 0.237. The molecule has 0 spiro atoms. The van der Waals surface area contributed by atoms with Crippen LogP contribution in [0.15, 0.2) is 12.3 Å². The van der Waals surface area contributed by atoms with Gasteiger partial charge in [-0.05, 0) is 6.92 Å². The lowest BCUT2D eigenvalue weighted by molar-refractivity contribution is 0.0991. The Morgan fingerprint density at radius 3 is 2.84 bits per heavy atom. The molecule has 0 fully saturated rings. The molecule has 3 N–H and O–H groups in total. The van der Waals surface area contributed by atoms with Gasteiger partial charge in [-0.25, -0.2) is 4.68 Å². The molecule has 0 unspecified atom stereocenters. The van der Waals surface area contributed by atoms with Crippen molar-refractivity contribution in [3.05, 3.63) is 29.5 Å². The first-order chi connectivity index (χ1) is 9.02. The number of hydrogen-bond donors (Lipinski definition) is 2. The Bertz CT molecular complexity index is 602. The van der Waals surface area contributed by atoms with Crippen molar-refractivity contribution >= 4 is 11.7 Å². The Balaban J connectivity index is 2.08. The lowest BCUT2D eigenvalue weighted by atomic mass is 10.3. The van der Waals surface area contributed by atoms with Crippen LogP contribution in [0.25, 0.3) is 0 Å². The number of hydrogen-bond acceptors (Lipinski definition) is 4. The van der Waals surface area contributed by atoms with E-state index in [0.29, 0.717) is 17.9 Å². The van der Waals surface area contributed by atoms with E-state index in [1.54, 1.807) is 7.05 Å². The molecule has 0 aliphatic heterocycles. The van der Waals surface area contributed by atoms with Gasteiger partial charge in [0.05, 0.1) is 6.20 Å². The predicted octanol–water partition coefficient (Wildman–Crippen LogP) is 0.487. The van der Waals surface area contributed by atoms with Crippen LogP contribution in [-0.4, -0.2) is 25.5 Å². The standard InChI is InChI=1S/C11H15FN6O/c1-3-18-10(12)7(6-15-18)5-14-9-4-8(11(13)19)17(2)16-9/h4,6H,3,5H2,1-2H3,(H2,13,19)(H,14,16). The molecule has 0 saturated heterocycles.